The zero-order chi connectivity index (χ0) is 17.8. The molecule has 2 heterocycles. The standard InChI is InChI=1S/C20H30N2O3/c1-15-4-5-16(2)18(12-15)19-13-22(17(3)14-25-19)7-6-20(23)21-8-10-24-11-9-21/h4-5,12,17,19H,6-11,13-14H2,1-3H3/t17-,19+/m1/s1. The molecule has 2 atom stereocenters. The molecule has 0 bridgehead atoms. The molecule has 2 aliphatic rings. The summed E-state index contributed by atoms with van der Waals surface area (Å²) >= 11 is 0. The van der Waals surface area contributed by atoms with Crippen LogP contribution in [0.5, 0.6) is 0 Å². The van der Waals surface area contributed by atoms with Gasteiger partial charge in [-0.05, 0) is 31.9 Å². The Morgan fingerprint density at radius 3 is 2.76 bits per heavy atom. The highest BCUT2D eigenvalue weighted by Crippen LogP contribution is 2.28. The third-order valence-corrected chi connectivity index (χ3v) is 5.32. The summed E-state index contributed by atoms with van der Waals surface area (Å²) in [7, 11) is 0. The van der Waals surface area contributed by atoms with Gasteiger partial charge in [0.15, 0.2) is 0 Å². The zero-order valence-corrected chi connectivity index (χ0v) is 15.7. The predicted molar refractivity (Wildman–Crippen MR) is 97.7 cm³/mol. The summed E-state index contributed by atoms with van der Waals surface area (Å²) < 4.78 is 11.4. The first-order valence-electron chi connectivity index (χ1n) is 9.33. The van der Waals surface area contributed by atoms with Gasteiger partial charge in [0, 0.05) is 38.6 Å². The average Bonchev–Trinajstić information content (AvgIpc) is 2.63. The fourth-order valence-electron chi connectivity index (χ4n) is 3.62. The van der Waals surface area contributed by atoms with E-state index in [9.17, 15) is 4.79 Å². The average molecular weight is 346 g/mol. The van der Waals surface area contributed by atoms with Crippen LogP contribution in [0.1, 0.15) is 36.1 Å². The van der Waals surface area contributed by atoms with Crippen LogP contribution in [0.15, 0.2) is 18.2 Å². The third-order valence-electron chi connectivity index (χ3n) is 5.32. The van der Waals surface area contributed by atoms with Gasteiger partial charge in [0.2, 0.25) is 5.91 Å². The van der Waals surface area contributed by atoms with Crippen molar-refractivity contribution in [2.75, 3.05) is 46.0 Å². The van der Waals surface area contributed by atoms with Crippen molar-refractivity contribution in [1.29, 1.82) is 0 Å². The number of benzene rings is 1. The largest absolute Gasteiger partial charge is 0.378 e. The Hall–Kier alpha value is -1.43. The van der Waals surface area contributed by atoms with E-state index in [1.807, 2.05) is 4.90 Å². The quantitative estimate of drug-likeness (QED) is 0.839. The lowest BCUT2D eigenvalue weighted by atomic mass is 9.98. The minimum atomic E-state index is 0.0922. The number of hydrogen-bond acceptors (Lipinski definition) is 4. The van der Waals surface area contributed by atoms with Crippen LogP contribution in [0, 0.1) is 13.8 Å². The maximum atomic E-state index is 12.4. The first-order valence-corrected chi connectivity index (χ1v) is 9.33. The van der Waals surface area contributed by atoms with Crippen molar-refractivity contribution < 1.29 is 14.3 Å². The highest BCUT2D eigenvalue weighted by atomic mass is 16.5. The van der Waals surface area contributed by atoms with Crippen LogP contribution < -0.4 is 0 Å². The predicted octanol–water partition coefficient (Wildman–Crippen LogP) is 2.31. The molecule has 138 valence electrons. The molecule has 0 unspecified atom stereocenters. The van der Waals surface area contributed by atoms with Gasteiger partial charge in [-0.1, -0.05) is 23.8 Å². The summed E-state index contributed by atoms with van der Waals surface area (Å²) in [6.07, 6.45) is 0.665. The minimum Gasteiger partial charge on any atom is -0.378 e. The lowest BCUT2D eigenvalue weighted by Crippen LogP contribution is -2.47. The Morgan fingerprint density at radius 2 is 2.00 bits per heavy atom. The molecule has 0 aromatic heterocycles. The summed E-state index contributed by atoms with van der Waals surface area (Å²) in [6.45, 7) is 11.6. The molecule has 1 aromatic carbocycles. The van der Waals surface area contributed by atoms with E-state index in [-0.39, 0.29) is 12.0 Å². The van der Waals surface area contributed by atoms with Crippen molar-refractivity contribution in [2.45, 2.75) is 39.3 Å². The molecule has 0 saturated carbocycles. The molecule has 1 aromatic rings. The van der Waals surface area contributed by atoms with Crippen LogP contribution in [0.25, 0.3) is 0 Å². The van der Waals surface area contributed by atoms with Gasteiger partial charge in [-0.2, -0.15) is 0 Å². The van der Waals surface area contributed by atoms with Gasteiger partial charge < -0.3 is 14.4 Å². The first kappa shape index (κ1) is 18.4. The second kappa shape index (κ2) is 8.30. The second-order valence-electron chi connectivity index (χ2n) is 7.27. The lowest BCUT2D eigenvalue weighted by Gasteiger charge is -2.39. The molecular formula is C20H30N2O3. The van der Waals surface area contributed by atoms with Gasteiger partial charge in [-0.15, -0.1) is 0 Å². The minimum absolute atomic E-state index is 0.0922. The monoisotopic (exact) mass is 346 g/mol. The van der Waals surface area contributed by atoms with Crippen molar-refractivity contribution in [3.8, 4) is 0 Å². The Balaban J connectivity index is 1.59. The fraction of sp³-hybridized carbons (Fsp3) is 0.650. The van der Waals surface area contributed by atoms with Crippen LogP contribution in [0.3, 0.4) is 0 Å². The molecule has 2 saturated heterocycles. The normalized spacial score (nSPS) is 25.2. The zero-order valence-electron chi connectivity index (χ0n) is 15.7. The smallest absolute Gasteiger partial charge is 0.224 e. The van der Waals surface area contributed by atoms with Crippen LogP contribution in [-0.2, 0) is 14.3 Å². The number of nitrogens with zero attached hydrogens (tertiary/aromatic N) is 2. The van der Waals surface area contributed by atoms with Crippen LogP contribution in [-0.4, -0.2) is 67.7 Å². The van der Waals surface area contributed by atoms with E-state index in [0.717, 1.165) is 26.2 Å². The van der Waals surface area contributed by atoms with Crippen molar-refractivity contribution >= 4 is 5.91 Å². The SMILES string of the molecule is Cc1ccc(C)c([C@@H]2CN(CCC(=O)N3CCOCC3)[C@H](C)CO2)c1. The van der Waals surface area contributed by atoms with Gasteiger partial charge in [0.25, 0.3) is 0 Å². The number of ether oxygens (including phenoxy) is 2. The van der Waals surface area contributed by atoms with Gasteiger partial charge in [0.1, 0.15) is 0 Å². The van der Waals surface area contributed by atoms with Gasteiger partial charge in [-0.3, -0.25) is 9.69 Å². The number of aryl methyl sites for hydroxylation is 2. The van der Waals surface area contributed by atoms with Gasteiger partial charge in [-0.25, -0.2) is 0 Å². The summed E-state index contributed by atoms with van der Waals surface area (Å²) in [4.78, 5) is 16.7. The van der Waals surface area contributed by atoms with Crippen LogP contribution in [0.4, 0.5) is 0 Å². The van der Waals surface area contributed by atoms with E-state index in [1.54, 1.807) is 0 Å². The molecule has 0 N–H and O–H groups in total. The molecule has 5 nitrogen and oxygen atoms in total. The van der Waals surface area contributed by atoms with E-state index < -0.39 is 0 Å². The number of hydrogen-bond donors (Lipinski definition) is 0. The number of morpholine rings is 2. The number of rotatable bonds is 4. The molecule has 25 heavy (non-hydrogen) atoms. The maximum Gasteiger partial charge on any atom is 0.224 e. The van der Waals surface area contributed by atoms with Gasteiger partial charge in [0.05, 0.1) is 25.9 Å². The van der Waals surface area contributed by atoms with E-state index in [2.05, 4.69) is 43.9 Å². The molecule has 2 aliphatic heterocycles. The van der Waals surface area contributed by atoms with E-state index in [4.69, 9.17) is 9.47 Å². The van der Waals surface area contributed by atoms with E-state index in [1.165, 1.54) is 16.7 Å². The van der Waals surface area contributed by atoms with Crippen molar-refractivity contribution in [3.63, 3.8) is 0 Å². The molecule has 0 radical (unpaired) electrons. The Kier molecular flexibility index (Phi) is 6.10. The van der Waals surface area contributed by atoms with Crippen molar-refractivity contribution in [2.24, 2.45) is 0 Å². The molecule has 5 heteroatoms. The topological polar surface area (TPSA) is 42.0 Å². The van der Waals surface area contributed by atoms with Crippen molar-refractivity contribution in [1.82, 2.24) is 9.80 Å². The highest BCUT2D eigenvalue weighted by molar-refractivity contribution is 5.76. The summed E-state index contributed by atoms with van der Waals surface area (Å²) in [5, 5.41) is 0. The summed E-state index contributed by atoms with van der Waals surface area (Å²) in [5.41, 5.74) is 3.81. The summed E-state index contributed by atoms with van der Waals surface area (Å²) in [5.74, 6) is 0.241. The fourth-order valence-corrected chi connectivity index (χ4v) is 3.62. The molecule has 0 aliphatic carbocycles. The van der Waals surface area contributed by atoms with E-state index >= 15 is 0 Å². The first-order chi connectivity index (χ1) is 12.0. The Bertz CT molecular complexity index is 599. The molecule has 3 rings (SSSR count). The molecule has 0 spiro atoms. The van der Waals surface area contributed by atoms with Gasteiger partial charge >= 0.3 is 0 Å². The third kappa shape index (κ3) is 4.60. The highest BCUT2D eigenvalue weighted by Gasteiger charge is 2.28. The van der Waals surface area contributed by atoms with E-state index in [0.29, 0.717) is 32.3 Å². The van der Waals surface area contributed by atoms with Crippen LogP contribution >= 0.6 is 0 Å². The lowest BCUT2D eigenvalue weighted by molar-refractivity contribution is -0.136. The molecule has 1 amide bonds. The Morgan fingerprint density at radius 1 is 1.24 bits per heavy atom. The second-order valence-corrected chi connectivity index (χ2v) is 7.27. The van der Waals surface area contributed by atoms with Crippen molar-refractivity contribution in [3.05, 3.63) is 34.9 Å². The number of amides is 1. The Labute approximate surface area is 150 Å². The van der Waals surface area contributed by atoms with Crippen LogP contribution in [0.2, 0.25) is 0 Å². The molecular weight excluding hydrogens is 316 g/mol. The summed E-state index contributed by atoms with van der Waals surface area (Å²) in [6, 6.07) is 6.88. The number of carbonyl (C=O) groups excluding carboxylic acids is 1. The molecule has 2 fully saturated rings. The number of carbonyl (C=O) groups is 1. The maximum absolute atomic E-state index is 12.4.